The van der Waals surface area contributed by atoms with Gasteiger partial charge in [-0.1, -0.05) is 12.1 Å². The van der Waals surface area contributed by atoms with Gasteiger partial charge in [-0.25, -0.2) is 8.78 Å². The summed E-state index contributed by atoms with van der Waals surface area (Å²) in [4.78, 5) is 0. The minimum atomic E-state index is -0.767. The Morgan fingerprint density at radius 3 is 2.44 bits per heavy atom. The van der Waals surface area contributed by atoms with Crippen molar-refractivity contribution < 1.29 is 13.5 Å². The molecule has 2 unspecified atom stereocenters. The predicted molar refractivity (Wildman–Crippen MR) is 66.4 cm³/mol. The number of rotatable bonds is 5. The van der Waals surface area contributed by atoms with Crippen LogP contribution in [-0.2, 0) is 4.74 Å². The number of hydrogen-bond acceptors (Lipinski definition) is 2. The molecule has 0 spiro atoms. The molecule has 2 rings (SSSR count). The van der Waals surface area contributed by atoms with Crippen molar-refractivity contribution in [3.05, 3.63) is 34.9 Å². The van der Waals surface area contributed by atoms with Gasteiger partial charge in [-0.15, -0.1) is 0 Å². The van der Waals surface area contributed by atoms with Gasteiger partial charge in [0.15, 0.2) is 11.6 Å². The zero-order valence-electron chi connectivity index (χ0n) is 11.0. The number of nitrogens with one attached hydrogen (secondary N) is 1. The first kappa shape index (κ1) is 13.4. The van der Waals surface area contributed by atoms with Crippen LogP contribution in [0, 0.1) is 24.5 Å². The Morgan fingerprint density at radius 1 is 1.28 bits per heavy atom. The van der Waals surface area contributed by atoms with Crippen molar-refractivity contribution in [3.63, 3.8) is 0 Å². The molecule has 18 heavy (non-hydrogen) atoms. The topological polar surface area (TPSA) is 21.3 Å². The first-order chi connectivity index (χ1) is 8.60. The summed E-state index contributed by atoms with van der Waals surface area (Å²) in [5.41, 5.74) is 0.672. The second kappa shape index (κ2) is 5.33. The minimum absolute atomic E-state index is 0.105. The first-order valence-electron chi connectivity index (χ1n) is 6.24. The highest BCUT2D eigenvalue weighted by Gasteiger charge is 2.38. The summed E-state index contributed by atoms with van der Waals surface area (Å²) >= 11 is 0. The zero-order chi connectivity index (χ0) is 13.3. The van der Waals surface area contributed by atoms with Crippen LogP contribution in [-0.4, -0.2) is 20.3 Å². The van der Waals surface area contributed by atoms with E-state index in [2.05, 4.69) is 5.32 Å². The molecule has 1 aromatic rings. The van der Waals surface area contributed by atoms with Crippen molar-refractivity contribution >= 4 is 0 Å². The summed E-state index contributed by atoms with van der Waals surface area (Å²) in [6.45, 7) is 1.56. The van der Waals surface area contributed by atoms with E-state index in [0.717, 1.165) is 12.8 Å². The Hall–Kier alpha value is -1.00. The average Bonchev–Trinajstić information content (AvgIpc) is 3.18. The van der Waals surface area contributed by atoms with Gasteiger partial charge in [0.2, 0.25) is 0 Å². The molecule has 0 amide bonds. The minimum Gasteiger partial charge on any atom is -0.379 e. The number of methoxy groups -OCH3 is 1. The molecular weight excluding hydrogens is 236 g/mol. The van der Waals surface area contributed by atoms with E-state index in [0.29, 0.717) is 17.0 Å². The third-order valence-electron chi connectivity index (χ3n) is 3.64. The number of halogens is 2. The maximum Gasteiger partial charge on any atom is 0.163 e. The maximum absolute atomic E-state index is 14.0. The molecule has 2 atom stereocenters. The molecule has 100 valence electrons. The fraction of sp³-hybridized carbons (Fsp3) is 0.571. The molecule has 0 aromatic heterocycles. The van der Waals surface area contributed by atoms with E-state index in [4.69, 9.17) is 4.74 Å². The van der Waals surface area contributed by atoms with Crippen molar-refractivity contribution in [2.45, 2.75) is 31.9 Å². The summed E-state index contributed by atoms with van der Waals surface area (Å²) < 4.78 is 33.1. The van der Waals surface area contributed by atoms with E-state index in [9.17, 15) is 8.78 Å². The van der Waals surface area contributed by atoms with Gasteiger partial charge in [0.25, 0.3) is 0 Å². The van der Waals surface area contributed by atoms with Crippen molar-refractivity contribution in [2.24, 2.45) is 5.92 Å². The smallest absolute Gasteiger partial charge is 0.163 e. The Balaban J connectivity index is 2.34. The molecule has 0 heterocycles. The Labute approximate surface area is 106 Å². The number of benzene rings is 1. The van der Waals surface area contributed by atoms with Crippen LogP contribution in [0.5, 0.6) is 0 Å². The van der Waals surface area contributed by atoms with Crippen molar-refractivity contribution in [1.82, 2.24) is 5.32 Å². The Morgan fingerprint density at radius 2 is 1.94 bits per heavy atom. The molecule has 2 nitrogen and oxygen atoms in total. The van der Waals surface area contributed by atoms with Crippen LogP contribution < -0.4 is 5.32 Å². The lowest BCUT2D eigenvalue weighted by molar-refractivity contribution is 0.0518. The third kappa shape index (κ3) is 2.40. The van der Waals surface area contributed by atoms with Crippen LogP contribution in [0.25, 0.3) is 0 Å². The number of likely N-dealkylation sites (N-methyl/N-ethyl adjacent to an activating group) is 1. The SMILES string of the molecule is CNC(c1ccc(C)c(F)c1F)C(OC)C1CC1. The first-order valence-corrected chi connectivity index (χ1v) is 6.24. The Bertz CT molecular complexity index is 432. The molecule has 1 fully saturated rings. The summed E-state index contributed by atoms with van der Waals surface area (Å²) in [7, 11) is 3.37. The van der Waals surface area contributed by atoms with Gasteiger partial charge < -0.3 is 10.1 Å². The monoisotopic (exact) mass is 255 g/mol. The van der Waals surface area contributed by atoms with Gasteiger partial charge in [-0.2, -0.15) is 0 Å². The Kier molecular flexibility index (Phi) is 3.97. The second-order valence-corrected chi connectivity index (χ2v) is 4.90. The lowest BCUT2D eigenvalue weighted by Crippen LogP contribution is -2.33. The van der Waals surface area contributed by atoms with E-state index >= 15 is 0 Å². The van der Waals surface area contributed by atoms with Gasteiger partial charge in [-0.05, 0) is 38.3 Å². The van der Waals surface area contributed by atoms with Gasteiger partial charge in [0.05, 0.1) is 12.1 Å². The van der Waals surface area contributed by atoms with Crippen LogP contribution in [0.4, 0.5) is 8.78 Å². The van der Waals surface area contributed by atoms with Crippen molar-refractivity contribution in [2.75, 3.05) is 14.2 Å². The normalized spacial score (nSPS) is 18.7. The van der Waals surface area contributed by atoms with E-state index in [1.165, 1.54) is 0 Å². The number of aryl methyl sites for hydroxylation is 1. The second-order valence-electron chi connectivity index (χ2n) is 4.90. The van der Waals surface area contributed by atoms with E-state index in [1.807, 2.05) is 0 Å². The highest BCUT2D eigenvalue weighted by molar-refractivity contribution is 5.29. The fourth-order valence-electron chi connectivity index (χ4n) is 2.42. The van der Waals surface area contributed by atoms with Crippen LogP contribution in [0.15, 0.2) is 12.1 Å². The summed E-state index contributed by atoms with van der Waals surface area (Å²) in [6, 6.07) is 2.94. The largest absolute Gasteiger partial charge is 0.379 e. The van der Waals surface area contributed by atoms with Gasteiger partial charge >= 0.3 is 0 Å². The molecular formula is C14H19F2NO. The molecule has 1 aliphatic rings. The maximum atomic E-state index is 14.0. The van der Waals surface area contributed by atoms with Crippen LogP contribution in [0.3, 0.4) is 0 Å². The summed E-state index contributed by atoms with van der Waals surface area (Å²) in [5.74, 6) is -1.09. The molecule has 4 heteroatoms. The van der Waals surface area contributed by atoms with Crippen molar-refractivity contribution in [3.8, 4) is 0 Å². The molecule has 1 N–H and O–H groups in total. The number of hydrogen-bond donors (Lipinski definition) is 1. The molecule has 1 saturated carbocycles. The van der Waals surface area contributed by atoms with Gasteiger partial charge in [-0.3, -0.25) is 0 Å². The molecule has 1 aliphatic carbocycles. The molecule has 0 aliphatic heterocycles. The predicted octanol–water partition coefficient (Wildman–Crippen LogP) is 2.96. The van der Waals surface area contributed by atoms with Crippen LogP contribution in [0.1, 0.15) is 30.0 Å². The standard InChI is InChI=1S/C14H19F2NO/c1-8-4-7-10(12(16)11(8)15)13(17-2)14(18-3)9-5-6-9/h4,7,9,13-14,17H,5-6H2,1-3H3. The lowest BCUT2D eigenvalue weighted by atomic mass is 9.96. The summed E-state index contributed by atoms with van der Waals surface area (Å²) in [6.07, 6.45) is 2.07. The highest BCUT2D eigenvalue weighted by Crippen LogP contribution is 2.40. The highest BCUT2D eigenvalue weighted by atomic mass is 19.2. The number of ether oxygens (including phenoxy) is 1. The fourth-order valence-corrected chi connectivity index (χ4v) is 2.42. The summed E-state index contributed by atoms with van der Waals surface area (Å²) in [5, 5.41) is 3.05. The van der Waals surface area contributed by atoms with Gasteiger partial charge in [0, 0.05) is 12.7 Å². The van der Waals surface area contributed by atoms with E-state index in [1.54, 1.807) is 33.2 Å². The average molecular weight is 255 g/mol. The zero-order valence-corrected chi connectivity index (χ0v) is 11.0. The van der Waals surface area contributed by atoms with Crippen LogP contribution >= 0.6 is 0 Å². The molecule has 0 bridgehead atoms. The van der Waals surface area contributed by atoms with E-state index < -0.39 is 11.6 Å². The molecule has 0 radical (unpaired) electrons. The van der Waals surface area contributed by atoms with Crippen molar-refractivity contribution in [1.29, 1.82) is 0 Å². The lowest BCUT2D eigenvalue weighted by Gasteiger charge is -2.26. The van der Waals surface area contributed by atoms with E-state index in [-0.39, 0.29) is 12.1 Å². The van der Waals surface area contributed by atoms with Gasteiger partial charge in [0.1, 0.15) is 0 Å². The third-order valence-corrected chi connectivity index (χ3v) is 3.64. The molecule has 1 aromatic carbocycles. The quantitative estimate of drug-likeness (QED) is 0.873. The van der Waals surface area contributed by atoms with Crippen LogP contribution in [0.2, 0.25) is 0 Å². The molecule has 0 saturated heterocycles.